The summed E-state index contributed by atoms with van der Waals surface area (Å²) >= 11 is 0. The molecule has 0 unspecified atom stereocenters. The first-order valence-electron chi connectivity index (χ1n) is 10.9. The number of hydrogen-bond donors (Lipinski definition) is 1. The standard InChI is InChI=1S/C22H28N8O4/c1-22(2,3)34-21(32)29-10-9-14(11-29)30-13-23-26-18(30)16-7-6-8-17(24-16)25-19(31)15-12-28(4)27-20(15)33-5/h6-8,12-14H,9-11H2,1-5H3,(H,24,25,31)/t14-/m0/s1. The van der Waals surface area contributed by atoms with Gasteiger partial charge in [-0.2, -0.15) is 0 Å². The van der Waals surface area contributed by atoms with E-state index in [9.17, 15) is 9.59 Å². The van der Waals surface area contributed by atoms with Crippen LogP contribution in [0, 0.1) is 0 Å². The number of pyridine rings is 1. The summed E-state index contributed by atoms with van der Waals surface area (Å²) in [6.07, 6.45) is 3.61. The van der Waals surface area contributed by atoms with Crippen molar-refractivity contribution < 1.29 is 19.1 Å². The van der Waals surface area contributed by atoms with Crippen LogP contribution >= 0.6 is 0 Å². The lowest BCUT2D eigenvalue weighted by atomic mass is 10.2. The van der Waals surface area contributed by atoms with Gasteiger partial charge in [0.1, 0.15) is 29.0 Å². The van der Waals surface area contributed by atoms with Crippen LogP contribution in [0.3, 0.4) is 0 Å². The molecule has 2 amide bonds. The summed E-state index contributed by atoms with van der Waals surface area (Å²) in [6, 6.07) is 5.24. The van der Waals surface area contributed by atoms with E-state index in [1.165, 1.54) is 11.8 Å². The molecule has 4 rings (SSSR count). The summed E-state index contributed by atoms with van der Waals surface area (Å²) in [5.74, 6) is 0.738. The molecule has 0 bridgehead atoms. The Balaban J connectivity index is 1.50. The summed E-state index contributed by atoms with van der Waals surface area (Å²) in [5, 5.41) is 15.2. The van der Waals surface area contributed by atoms with Crippen molar-refractivity contribution >= 4 is 17.8 Å². The van der Waals surface area contributed by atoms with Gasteiger partial charge in [0.05, 0.1) is 13.2 Å². The van der Waals surface area contributed by atoms with Gasteiger partial charge < -0.3 is 24.3 Å². The lowest BCUT2D eigenvalue weighted by Gasteiger charge is -2.24. The third-order valence-corrected chi connectivity index (χ3v) is 5.23. The van der Waals surface area contributed by atoms with E-state index in [0.29, 0.717) is 36.0 Å². The van der Waals surface area contributed by atoms with Gasteiger partial charge in [0.15, 0.2) is 5.82 Å². The second-order valence-electron chi connectivity index (χ2n) is 9.02. The van der Waals surface area contributed by atoms with Gasteiger partial charge in [-0.05, 0) is 39.3 Å². The number of aromatic nitrogens is 6. The van der Waals surface area contributed by atoms with Crippen LogP contribution < -0.4 is 10.1 Å². The number of methoxy groups -OCH3 is 1. The fourth-order valence-corrected chi connectivity index (χ4v) is 3.74. The highest BCUT2D eigenvalue weighted by Crippen LogP contribution is 2.28. The first kappa shape index (κ1) is 23.2. The van der Waals surface area contributed by atoms with Gasteiger partial charge in [0.2, 0.25) is 5.88 Å². The number of likely N-dealkylation sites (tertiary alicyclic amines) is 1. The van der Waals surface area contributed by atoms with E-state index in [2.05, 4.69) is 25.6 Å². The molecule has 1 aliphatic heterocycles. The number of anilines is 1. The SMILES string of the molecule is COc1nn(C)cc1C(=O)Nc1cccc(-c2nncn2[C@H]2CCN(C(=O)OC(C)(C)C)C2)n1. The van der Waals surface area contributed by atoms with Crippen LogP contribution in [0.15, 0.2) is 30.7 Å². The first-order valence-corrected chi connectivity index (χ1v) is 10.9. The zero-order chi connectivity index (χ0) is 24.5. The quantitative estimate of drug-likeness (QED) is 0.605. The molecule has 1 saturated heterocycles. The van der Waals surface area contributed by atoms with E-state index >= 15 is 0 Å². The molecule has 34 heavy (non-hydrogen) atoms. The summed E-state index contributed by atoms with van der Waals surface area (Å²) in [7, 11) is 3.16. The molecule has 3 aromatic heterocycles. The molecular formula is C22H28N8O4. The largest absolute Gasteiger partial charge is 0.479 e. The topological polar surface area (TPSA) is 129 Å². The van der Waals surface area contributed by atoms with E-state index in [1.54, 1.807) is 42.7 Å². The van der Waals surface area contributed by atoms with E-state index in [4.69, 9.17) is 9.47 Å². The molecule has 1 aliphatic rings. The molecule has 180 valence electrons. The monoisotopic (exact) mass is 468 g/mol. The molecule has 1 N–H and O–H groups in total. The van der Waals surface area contributed by atoms with Gasteiger partial charge in [-0.3, -0.25) is 9.48 Å². The Morgan fingerprint density at radius 2 is 2.03 bits per heavy atom. The van der Waals surface area contributed by atoms with Crippen molar-refractivity contribution in [1.82, 2.24) is 34.4 Å². The van der Waals surface area contributed by atoms with Crippen LogP contribution in [-0.2, 0) is 11.8 Å². The molecule has 12 heteroatoms. The maximum Gasteiger partial charge on any atom is 0.410 e. The second-order valence-corrected chi connectivity index (χ2v) is 9.02. The molecule has 0 aromatic carbocycles. The van der Waals surface area contributed by atoms with Crippen molar-refractivity contribution in [3.05, 3.63) is 36.3 Å². The number of amides is 2. The lowest BCUT2D eigenvalue weighted by molar-refractivity contribution is 0.0289. The summed E-state index contributed by atoms with van der Waals surface area (Å²) in [6.45, 7) is 6.60. The van der Waals surface area contributed by atoms with Crippen LogP contribution in [0.2, 0.25) is 0 Å². The Morgan fingerprint density at radius 3 is 2.76 bits per heavy atom. The molecular weight excluding hydrogens is 440 g/mol. The maximum atomic E-state index is 12.7. The number of nitrogens with zero attached hydrogens (tertiary/aromatic N) is 7. The number of hydrogen-bond acceptors (Lipinski definition) is 8. The van der Waals surface area contributed by atoms with Crippen molar-refractivity contribution in [3.63, 3.8) is 0 Å². The van der Waals surface area contributed by atoms with Crippen molar-refractivity contribution in [2.24, 2.45) is 7.05 Å². The van der Waals surface area contributed by atoms with Crippen LogP contribution in [-0.4, -0.2) is 72.2 Å². The molecule has 3 aromatic rings. The summed E-state index contributed by atoms with van der Waals surface area (Å²) < 4.78 is 14.1. The van der Waals surface area contributed by atoms with E-state index in [-0.39, 0.29) is 23.9 Å². The fraction of sp³-hybridized carbons (Fsp3) is 0.455. The van der Waals surface area contributed by atoms with Crippen LogP contribution in [0.1, 0.15) is 43.6 Å². The number of carbonyl (C=O) groups excluding carboxylic acids is 2. The first-order chi connectivity index (χ1) is 16.1. The minimum absolute atomic E-state index is 0.0165. The Morgan fingerprint density at radius 1 is 1.24 bits per heavy atom. The summed E-state index contributed by atoms with van der Waals surface area (Å²) in [4.78, 5) is 31.4. The average Bonchev–Trinajstić information content (AvgIpc) is 3.51. The van der Waals surface area contributed by atoms with Crippen LogP contribution in [0.25, 0.3) is 11.5 Å². The Kier molecular flexibility index (Phi) is 6.22. The van der Waals surface area contributed by atoms with Gasteiger partial charge in [-0.15, -0.1) is 15.3 Å². The van der Waals surface area contributed by atoms with Crippen LogP contribution in [0.4, 0.5) is 10.6 Å². The number of aryl methyl sites for hydroxylation is 1. The highest BCUT2D eigenvalue weighted by Gasteiger charge is 2.32. The maximum absolute atomic E-state index is 12.7. The third kappa shape index (κ3) is 5.00. The molecule has 4 heterocycles. The molecule has 12 nitrogen and oxygen atoms in total. The lowest BCUT2D eigenvalue weighted by Crippen LogP contribution is -2.35. The molecule has 0 radical (unpaired) electrons. The predicted molar refractivity (Wildman–Crippen MR) is 122 cm³/mol. The zero-order valence-electron chi connectivity index (χ0n) is 19.8. The van der Waals surface area contributed by atoms with Crippen molar-refractivity contribution in [1.29, 1.82) is 0 Å². The highest BCUT2D eigenvalue weighted by atomic mass is 16.6. The summed E-state index contributed by atoms with van der Waals surface area (Å²) in [5.41, 5.74) is 0.295. The predicted octanol–water partition coefficient (Wildman–Crippen LogP) is 2.52. The minimum Gasteiger partial charge on any atom is -0.479 e. The second kappa shape index (κ2) is 9.12. The zero-order valence-corrected chi connectivity index (χ0v) is 19.8. The number of nitrogens with one attached hydrogen (secondary N) is 1. The van der Waals surface area contributed by atoms with E-state index < -0.39 is 5.60 Å². The van der Waals surface area contributed by atoms with Gasteiger partial charge in [-0.25, -0.2) is 9.78 Å². The molecule has 1 atom stereocenters. The minimum atomic E-state index is -0.550. The van der Waals surface area contributed by atoms with Gasteiger partial charge in [0, 0.05) is 26.3 Å². The smallest absolute Gasteiger partial charge is 0.410 e. The molecule has 0 aliphatic carbocycles. The van der Waals surface area contributed by atoms with Crippen molar-refractivity contribution in [2.75, 3.05) is 25.5 Å². The van der Waals surface area contributed by atoms with Crippen molar-refractivity contribution in [2.45, 2.75) is 38.8 Å². The molecule has 1 fully saturated rings. The average molecular weight is 469 g/mol. The van der Waals surface area contributed by atoms with Gasteiger partial charge in [0.25, 0.3) is 5.91 Å². The van der Waals surface area contributed by atoms with E-state index in [1.807, 2.05) is 25.3 Å². The number of rotatable bonds is 5. The van der Waals surface area contributed by atoms with E-state index in [0.717, 1.165) is 6.42 Å². The van der Waals surface area contributed by atoms with Crippen LogP contribution in [0.5, 0.6) is 5.88 Å². The highest BCUT2D eigenvalue weighted by molar-refractivity contribution is 6.05. The molecule has 0 spiro atoms. The number of ether oxygens (including phenoxy) is 2. The Hall–Kier alpha value is -3.96. The van der Waals surface area contributed by atoms with Gasteiger partial charge >= 0.3 is 6.09 Å². The van der Waals surface area contributed by atoms with Gasteiger partial charge in [-0.1, -0.05) is 6.07 Å². The third-order valence-electron chi connectivity index (χ3n) is 5.23. The normalized spacial score (nSPS) is 15.9. The Labute approximate surface area is 196 Å². The molecule has 0 saturated carbocycles. The number of carbonyl (C=O) groups is 2. The fourth-order valence-electron chi connectivity index (χ4n) is 3.74. The van der Waals surface area contributed by atoms with Crippen molar-refractivity contribution in [3.8, 4) is 17.4 Å². The Bertz CT molecular complexity index is 1200.